The van der Waals surface area contributed by atoms with Gasteiger partial charge in [0, 0.05) is 16.8 Å². The van der Waals surface area contributed by atoms with E-state index in [1.165, 1.54) is 11.9 Å². The Morgan fingerprint density at radius 1 is 1.22 bits per heavy atom. The van der Waals surface area contributed by atoms with Crippen molar-refractivity contribution in [1.29, 1.82) is 0 Å². The van der Waals surface area contributed by atoms with E-state index in [1.54, 1.807) is 0 Å². The van der Waals surface area contributed by atoms with Crippen molar-refractivity contribution in [1.82, 2.24) is 0 Å². The summed E-state index contributed by atoms with van der Waals surface area (Å²) in [5, 5.41) is 0. The summed E-state index contributed by atoms with van der Waals surface area (Å²) in [5.74, 6) is 0. The molecule has 46 valence electrons. The van der Waals surface area contributed by atoms with E-state index in [1.807, 2.05) is 30.3 Å². The van der Waals surface area contributed by atoms with E-state index in [0.29, 0.717) is 0 Å². The van der Waals surface area contributed by atoms with Gasteiger partial charge in [0.05, 0.1) is 0 Å². The molecule has 1 rings (SSSR count). The lowest BCUT2D eigenvalue weighted by Gasteiger charge is -1.89. The van der Waals surface area contributed by atoms with Crippen molar-refractivity contribution < 1.29 is 0 Å². The molecule has 0 N–H and O–H groups in total. The van der Waals surface area contributed by atoms with Gasteiger partial charge in [-0.3, -0.25) is 0 Å². The molecule has 0 saturated heterocycles. The van der Waals surface area contributed by atoms with Crippen LogP contribution in [-0.2, 0) is 0 Å². The van der Waals surface area contributed by atoms with Crippen LogP contribution in [0.3, 0.4) is 0 Å². The smallest absolute Gasteiger partial charge is 0.0305 e. The second-order valence-electron chi connectivity index (χ2n) is 1.53. The average Bonchev–Trinajstić information content (AvgIpc) is 1.91. The van der Waals surface area contributed by atoms with Gasteiger partial charge in [-0.1, -0.05) is 18.2 Å². The summed E-state index contributed by atoms with van der Waals surface area (Å²) in [5.41, 5.74) is 0. The molecule has 1 aromatic rings. The van der Waals surface area contributed by atoms with Gasteiger partial charge in [-0.15, -0.1) is 0 Å². The molecule has 0 fully saturated rings. The Kier molecular flexibility index (Phi) is 2.33. The predicted molar refractivity (Wildman–Crippen MR) is 41.8 cm³/mol. The Morgan fingerprint density at radius 3 is 2.44 bits per heavy atom. The van der Waals surface area contributed by atoms with Crippen molar-refractivity contribution in [3.63, 3.8) is 0 Å². The first-order valence-electron chi connectivity index (χ1n) is 2.61. The molecule has 0 heterocycles. The largest absolute Gasteiger partial charge is 0.227 e. The Morgan fingerprint density at radius 2 is 1.89 bits per heavy atom. The molecule has 0 aliphatic rings. The zero-order chi connectivity index (χ0) is 6.53. The van der Waals surface area contributed by atoms with Gasteiger partial charge in [-0.05, 0) is 18.9 Å². The first kappa shape index (κ1) is 6.36. The molecule has 0 radical (unpaired) electrons. The quantitative estimate of drug-likeness (QED) is 0.450. The standard InChI is InChI=1S/C7H7NS/c1-8-9-7-5-3-2-4-6-7/h2-6H,1H2. The molecule has 0 aromatic heterocycles. The third kappa shape index (κ3) is 1.90. The van der Waals surface area contributed by atoms with Crippen LogP contribution >= 0.6 is 11.9 Å². The van der Waals surface area contributed by atoms with E-state index in [4.69, 9.17) is 0 Å². The van der Waals surface area contributed by atoms with Crippen molar-refractivity contribution in [3.05, 3.63) is 30.3 Å². The molecule has 1 aromatic carbocycles. The zero-order valence-electron chi connectivity index (χ0n) is 4.95. The maximum absolute atomic E-state index is 3.67. The lowest BCUT2D eigenvalue weighted by molar-refractivity contribution is 1.46. The van der Waals surface area contributed by atoms with Crippen LogP contribution in [0.5, 0.6) is 0 Å². The Labute approximate surface area is 59.0 Å². The van der Waals surface area contributed by atoms with Gasteiger partial charge in [0.2, 0.25) is 0 Å². The van der Waals surface area contributed by atoms with Crippen LogP contribution in [0.4, 0.5) is 0 Å². The third-order valence-electron chi connectivity index (χ3n) is 0.913. The van der Waals surface area contributed by atoms with Gasteiger partial charge in [-0.25, -0.2) is 4.40 Å². The predicted octanol–water partition coefficient (Wildman–Crippen LogP) is 2.39. The lowest BCUT2D eigenvalue weighted by atomic mass is 10.4. The Bertz CT molecular complexity index is 183. The van der Waals surface area contributed by atoms with Crippen molar-refractivity contribution in [2.75, 3.05) is 0 Å². The summed E-state index contributed by atoms with van der Waals surface area (Å²) < 4.78 is 3.67. The number of nitrogens with zero attached hydrogens (tertiary/aromatic N) is 1. The van der Waals surface area contributed by atoms with Gasteiger partial charge in [0.1, 0.15) is 0 Å². The fourth-order valence-corrected chi connectivity index (χ4v) is 0.984. The molecule has 0 aliphatic heterocycles. The highest BCUT2D eigenvalue weighted by atomic mass is 32.2. The Hall–Kier alpha value is -0.760. The van der Waals surface area contributed by atoms with Gasteiger partial charge in [-0.2, -0.15) is 0 Å². The van der Waals surface area contributed by atoms with E-state index >= 15 is 0 Å². The van der Waals surface area contributed by atoms with Crippen LogP contribution in [0.2, 0.25) is 0 Å². The molecule has 0 spiro atoms. The third-order valence-corrected chi connectivity index (χ3v) is 1.53. The van der Waals surface area contributed by atoms with Crippen LogP contribution in [0.15, 0.2) is 39.6 Å². The maximum atomic E-state index is 3.67. The van der Waals surface area contributed by atoms with E-state index in [-0.39, 0.29) is 0 Å². The number of hydrogen-bond acceptors (Lipinski definition) is 2. The molecule has 0 bridgehead atoms. The molecular weight excluding hydrogens is 130 g/mol. The van der Waals surface area contributed by atoms with Gasteiger partial charge >= 0.3 is 0 Å². The van der Waals surface area contributed by atoms with E-state index < -0.39 is 0 Å². The van der Waals surface area contributed by atoms with Crippen LogP contribution in [-0.4, -0.2) is 6.72 Å². The fraction of sp³-hybridized carbons (Fsp3) is 0. The van der Waals surface area contributed by atoms with Crippen LogP contribution in [0, 0.1) is 0 Å². The minimum Gasteiger partial charge on any atom is -0.227 e. The van der Waals surface area contributed by atoms with Crippen LogP contribution in [0.25, 0.3) is 0 Å². The first-order chi connectivity index (χ1) is 4.43. The second kappa shape index (κ2) is 3.30. The van der Waals surface area contributed by atoms with Crippen molar-refractivity contribution in [2.24, 2.45) is 4.40 Å². The first-order valence-corrected chi connectivity index (χ1v) is 3.39. The van der Waals surface area contributed by atoms with Gasteiger partial charge in [0.15, 0.2) is 0 Å². The van der Waals surface area contributed by atoms with Crippen LogP contribution < -0.4 is 0 Å². The van der Waals surface area contributed by atoms with E-state index in [0.717, 1.165) is 4.90 Å². The molecular formula is C7H7NS. The summed E-state index contributed by atoms with van der Waals surface area (Å²) in [4.78, 5) is 1.13. The SMILES string of the molecule is C=NSc1ccccc1. The lowest BCUT2D eigenvalue weighted by Crippen LogP contribution is -1.62. The fourth-order valence-electron chi connectivity index (χ4n) is 0.556. The molecule has 1 nitrogen and oxygen atoms in total. The normalized spacial score (nSPS) is 8.89. The van der Waals surface area contributed by atoms with E-state index in [9.17, 15) is 0 Å². The van der Waals surface area contributed by atoms with Crippen molar-refractivity contribution in [3.8, 4) is 0 Å². The van der Waals surface area contributed by atoms with Gasteiger partial charge in [0.25, 0.3) is 0 Å². The van der Waals surface area contributed by atoms with E-state index in [2.05, 4.69) is 11.1 Å². The average molecular weight is 137 g/mol. The number of rotatable bonds is 2. The van der Waals surface area contributed by atoms with Crippen molar-refractivity contribution in [2.45, 2.75) is 4.90 Å². The second-order valence-corrected chi connectivity index (χ2v) is 2.45. The highest BCUT2D eigenvalue weighted by Crippen LogP contribution is 2.16. The molecule has 0 unspecified atom stereocenters. The Balaban J connectivity index is 2.72. The molecule has 9 heavy (non-hydrogen) atoms. The molecule has 0 amide bonds. The van der Waals surface area contributed by atoms with Crippen molar-refractivity contribution >= 4 is 18.7 Å². The summed E-state index contributed by atoms with van der Waals surface area (Å²) in [6.07, 6.45) is 0. The zero-order valence-corrected chi connectivity index (χ0v) is 5.77. The summed E-state index contributed by atoms with van der Waals surface area (Å²) in [6.45, 7) is 3.37. The molecule has 0 saturated carbocycles. The monoisotopic (exact) mass is 137 g/mol. The summed E-state index contributed by atoms with van der Waals surface area (Å²) in [7, 11) is 0. The molecule has 2 heteroatoms. The summed E-state index contributed by atoms with van der Waals surface area (Å²) >= 11 is 1.39. The topological polar surface area (TPSA) is 12.4 Å². The molecule has 0 aliphatic carbocycles. The minimum absolute atomic E-state index is 1.13. The highest BCUT2D eigenvalue weighted by Gasteiger charge is 1.84. The maximum Gasteiger partial charge on any atom is 0.0305 e. The summed E-state index contributed by atoms with van der Waals surface area (Å²) in [6, 6.07) is 9.94. The minimum atomic E-state index is 1.13. The highest BCUT2D eigenvalue weighted by molar-refractivity contribution is 7.98. The molecule has 0 atom stereocenters. The van der Waals surface area contributed by atoms with Crippen LogP contribution in [0.1, 0.15) is 0 Å². The van der Waals surface area contributed by atoms with Gasteiger partial charge < -0.3 is 0 Å². The number of hydrogen-bond donors (Lipinski definition) is 0. The number of benzene rings is 1.